The van der Waals surface area contributed by atoms with Crippen molar-refractivity contribution in [1.29, 1.82) is 10.7 Å². The van der Waals surface area contributed by atoms with Gasteiger partial charge in [0.1, 0.15) is 11.8 Å². The Morgan fingerprint density at radius 1 is 1.02 bits per heavy atom. The molecule has 1 amide bonds. The summed E-state index contributed by atoms with van der Waals surface area (Å²) in [5.41, 5.74) is 9.81. The van der Waals surface area contributed by atoms with Crippen LogP contribution in [-0.2, 0) is 0 Å². The normalized spacial score (nSPS) is 10.5. The zero-order chi connectivity index (χ0) is 28.9. The van der Waals surface area contributed by atoms with Crippen LogP contribution in [0.15, 0.2) is 85.2 Å². The molecular weight excluding hydrogens is 520 g/mol. The lowest BCUT2D eigenvalue weighted by Gasteiger charge is -2.13. The molecule has 0 fully saturated rings. The van der Waals surface area contributed by atoms with Crippen molar-refractivity contribution < 1.29 is 14.3 Å². The number of carbonyl (C=O) groups is 1. The van der Waals surface area contributed by atoms with E-state index in [1.807, 2.05) is 55.5 Å². The van der Waals surface area contributed by atoms with E-state index in [0.717, 1.165) is 11.3 Å². The Bertz CT molecular complexity index is 1810. The Morgan fingerprint density at radius 3 is 2.49 bits per heavy atom. The van der Waals surface area contributed by atoms with Crippen molar-refractivity contribution >= 4 is 40.1 Å². The number of methoxy groups -OCH3 is 1. The number of nitrogens with two attached hydrogens (primary N) is 1. The number of nitrogens with zero attached hydrogens (tertiary/aromatic N) is 3. The third-order valence-electron chi connectivity index (χ3n) is 6.25. The first kappa shape index (κ1) is 26.6. The Balaban J connectivity index is 1.41. The number of aryl methyl sites for hydroxylation is 1. The molecule has 0 saturated carbocycles. The van der Waals surface area contributed by atoms with Crippen LogP contribution < -0.4 is 31.2 Å². The standard InChI is InChI=1S/C30H26N8O3/c1-18-24(37-29(39)19-6-5-7-22(14-19)36-30(32)33)17-38-28(18)27(20(15-31)16-34-38)35-21-10-12-23(13-11-21)41-26-9-4-3-8-25(26)40-2/h3-14,16-17,35H,1-2H3,(H,37,39)(H4,32,33,36). The molecule has 0 aliphatic heterocycles. The molecular formula is C30H26N8O3. The molecule has 11 nitrogen and oxygen atoms in total. The van der Waals surface area contributed by atoms with Gasteiger partial charge < -0.3 is 31.2 Å². The quantitative estimate of drug-likeness (QED) is 0.124. The van der Waals surface area contributed by atoms with E-state index in [-0.39, 0.29) is 11.9 Å². The topological polar surface area (TPSA) is 163 Å². The Kier molecular flexibility index (Phi) is 7.38. The van der Waals surface area contributed by atoms with Gasteiger partial charge in [-0.2, -0.15) is 10.4 Å². The second-order valence-corrected chi connectivity index (χ2v) is 8.98. The molecule has 5 aromatic rings. The third-order valence-corrected chi connectivity index (χ3v) is 6.25. The minimum atomic E-state index is -0.350. The van der Waals surface area contributed by atoms with Crippen molar-refractivity contribution in [2.45, 2.75) is 6.92 Å². The summed E-state index contributed by atoms with van der Waals surface area (Å²) >= 11 is 0. The number of anilines is 4. The van der Waals surface area contributed by atoms with E-state index >= 15 is 0 Å². The Morgan fingerprint density at radius 2 is 1.78 bits per heavy atom. The van der Waals surface area contributed by atoms with E-state index in [2.05, 4.69) is 27.1 Å². The number of amides is 1. The minimum absolute atomic E-state index is 0.227. The molecule has 5 rings (SSSR count). The van der Waals surface area contributed by atoms with Gasteiger partial charge >= 0.3 is 0 Å². The Hall–Kier alpha value is -6.02. The number of nitrogens with one attached hydrogen (secondary N) is 4. The number of ether oxygens (including phenoxy) is 2. The lowest BCUT2D eigenvalue weighted by molar-refractivity contribution is 0.102. The van der Waals surface area contributed by atoms with Crippen molar-refractivity contribution in [3.05, 3.63) is 102 Å². The van der Waals surface area contributed by atoms with Crippen LogP contribution in [0.2, 0.25) is 0 Å². The molecule has 41 heavy (non-hydrogen) atoms. The van der Waals surface area contributed by atoms with Crippen LogP contribution in [0.3, 0.4) is 0 Å². The molecule has 11 heteroatoms. The lowest BCUT2D eigenvalue weighted by Crippen LogP contribution is -2.20. The molecule has 0 saturated heterocycles. The van der Waals surface area contributed by atoms with E-state index < -0.39 is 0 Å². The number of fused-ring (bicyclic) bond motifs is 1. The van der Waals surface area contributed by atoms with Crippen LogP contribution in [0.25, 0.3) is 5.52 Å². The monoisotopic (exact) mass is 546 g/mol. The van der Waals surface area contributed by atoms with E-state index in [9.17, 15) is 10.1 Å². The van der Waals surface area contributed by atoms with Gasteiger partial charge in [-0.3, -0.25) is 10.2 Å². The van der Waals surface area contributed by atoms with E-state index in [0.29, 0.717) is 51.0 Å². The van der Waals surface area contributed by atoms with Gasteiger partial charge in [0.05, 0.1) is 42.0 Å². The summed E-state index contributed by atoms with van der Waals surface area (Å²) in [5, 5.41) is 30.5. The molecule has 0 unspecified atom stereocenters. The summed E-state index contributed by atoms with van der Waals surface area (Å²) < 4.78 is 12.9. The number of benzene rings is 3. The summed E-state index contributed by atoms with van der Waals surface area (Å²) in [6.07, 6.45) is 3.16. The first-order valence-electron chi connectivity index (χ1n) is 12.5. The summed E-state index contributed by atoms with van der Waals surface area (Å²) in [4.78, 5) is 13.0. The van der Waals surface area contributed by atoms with Crippen LogP contribution in [0, 0.1) is 23.7 Å². The van der Waals surface area contributed by atoms with E-state index in [4.69, 9.17) is 20.6 Å². The number of aromatic nitrogens is 2. The smallest absolute Gasteiger partial charge is 0.255 e. The lowest BCUT2D eigenvalue weighted by atomic mass is 10.1. The van der Waals surface area contributed by atoms with Crippen molar-refractivity contribution in [3.63, 3.8) is 0 Å². The molecule has 0 aliphatic rings. The number of hydrogen-bond acceptors (Lipinski definition) is 7. The zero-order valence-electron chi connectivity index (χ0n) is 22.2. The molecule has 0 aliphatic carbocycles. The molecule has 0 spiro atoms. The van der Waals surface area contributed by atoms with Crippen molar-refractivity contribution in [3.8, 4) is 23.3 Å². The number of para-hydroxylation sites is 2. The maximum absolute atomic E-state index is 13.0. The second kappa shape index (κ2) is 11.4. The van der Waals surface area contributed by atoms with E-state index in [1.54, 1.807) is 42.1 Å². The fourth-order valence-corrected chi connectivity index (χ4v) is 4.29. The van der Waals surface area contributed by atoms with Gasteiger partial charge in [0.15, 0.2) is 17.5 Å². The van der Waals surface area contributed by atoms with Crippen LogP contribution >= 0.6 is 0 Å². The van der Waals surface area contributed by atoms with Gasteiger partial charge in [0.25, 0.3) is 5.91 Å². The third kappa shape index (κ3) is 5.71. The molecule has 0 radical (unpaired) electrons. The van der Waals surface area contributed by atoms with Crippen molar-refractivity contribution in [2.75, 3.05) is 23.1 Å². The highest BCUT2D eigenvalue weighted by Gasteiger charge is 2.18. The molecule has 6 N–H and O–H groups in total. The summed E-state index contributed by atoms with van der Waals surface area (Å²) in [6.45, 7) is 1.84. The fraction of sp³-hybridized carbons (Fsp3) is 0.0667. The first-order chi connectivity index (χ1) is 19.9. The van der Waals surface area contributed by atoms with Crippen LogP contribution in [0.5, 0.6) is 17.2 Å². The van der Waals surface area contributed by atoms with Gasteiger partial charge in [-0.05, 0) is 61.5 Å². The van der Waals surface area contributed by atoms with Crippen LogP contribution in [-0.4, -0.2) is 28.6 Å². The fourth-order valence-electron chi connectivity index (χ4n) is 4.29. The number of guanidine groups is 1. The summed E-state index contributed by atoms with van der Waals surface area (Å²) in [6, 6.07) is 23.5. The van der Waals surface area contributed by atoms with Crippen LogP contribution in [0.4, 0.5) is 22.7 Å². The number of nitriles is 1. The highest BCUT2D eigenvalue weighted by atomic mass is 16.5. The first-order valence-corrected chi connectivity index (χ1v) is 12.5. The maximum atomic E-state index is 13.0. The summed E-state index contributed by atoms with van der Waals surface area (Å²) in [7, 11) is 1.59. The maximum Gasteiger partial charge on any atom is 0.255 e. The SMILES string of the molecule is COc1ccccc1Oc1ccc(Nc2c(C#N)cnn3cc(NC(=O)c4cccc(NC(=N)N)c4)c(C)c23)cc1. The molecule has 0 bridgehead atoms. The number of carbonyl (C=O) groups excluding carboxylic acids is 1. The van der Waals surface area contributed by atoms with Crippen molar-refractivity contribution in [2.24, 2.45) is 5.73 Å². The largest absolute Gasteiger partial charge is 0.493 e. The average molecular weight is 547 g/mol. The van der Waals surface area contributed by atoms with Gasteiger partial charge in [-0.1, -0.05) is 18.2 Å². The molecule has 2 heterocycles. The van der Waals surface area contributed by atoms with Crippen molar-refractivity contribution in [1.82, 2.24) is 9.61 Å². The Labute approximate surface area is 235 Å². The predicted octanol–water partition coefficient (Wildman–Crippen LogP) is 5.62. The molecule has 3 aromatic carbocycles. The number of hydrogen-bond donors (Lipinski definition) is 5. The average Bonchev–Trinajstić information content (AvgIpc) is 3.29. The van der Waals surface area contributed by atoms with Gasteiger partial charge in [-0.25, -0.2) is 4.52 Å². The highest BCUT2D eigenvalue weighted by Crippen LogP contribution is 2.34. The highest BCUT2D eigenvalue weighted by molar-refractivity contribution is 6.06. The zero-order valence-corrected chi connectivity index (χ0v) is 22.2. The molecule has 2 aromatic heterocycles. The molecule has 204 valence electrons. The second-order valence-electron chi connectivity index (χ2n) is 8.98. The number of rotatable bonds is 8. The summed E-state index contributed by atoms with van der Waals surface area (Å²) in [5.74, 6) is 1.26. The molecule has 0 atom stereocenters. The van der Waals surface area contributed by atoms with Crippen LogP contribution in [0.1, 0.15) is 21.5 Å². The predicted molar refractivity (Wildman–Crippen MR) is 157 cm³/mol. The van der Waals surface area contributed by atoms with Gasteiger partial charge in [-0.15, -0.1) is 0 Å². The minimum Gasteiger partial charge on any atom is -0.493 e. The van der Waals surface area contributed by atoms with Gasteiger partial charge in [0, 0.05) is 22.5 Å². The van der Waals surface area contributed by atoms with Gasteiger partial charge in [0.2, 0.25) is 0 Å². The van der Waals surface area contributed by atoms with E-state index in [1.165, 1.54) is 6.20 Å².